The molecule has 7 heteroatoms. The third kappa shape index (κ3) is 3.79. The van der Waals surface area contributed by atoms with Crippen molar-refractivity contribution in [3.63, 3.8) is 0 Å². The van der Waals surface area contributed by atoms with Crippen LogP contribution in [-0.4, -0.2) is 26.6 Å². The van der Waals surface area contributed by atoms with Crippen LogP contribution in [0.1, 0.15) is 16.8 Å². The first-order valence-corrected chi connectivity index (χ1v) is 9.23. The van der Waals surface area contributed by atoms with Gasteiger partial charge < -0.3 is 10.3 Å². The number of pyridine rings is 1. The van der Waals surface area contributed by atoms with Crippen molar-refractivity contribution in [3.8, 4) is 0 Å². The lowest BCUT2D eigenvalue weighted by atomic mass is 10.1. The molecule has 0 fully saturated rings. The zero-order valence-corrected chi connectivity index (χ0v) is 16.0. The first kappa shape index (κ1) is 17.0. The molecule has 0 saturated heterocycles. The van der Waals surface area contributed by atoms with Crippen LogP contribution in [0.3, 0.4) is 0 Å². The standard InChI is InChI=1S/C17H17BrN4OS/c1-9-4-5-12(6-10(9)2)20-15(23)8-24-17-21-14-7-13(18)11(3)19-16(14)22-17/h4-7H,8H2,1-3H3,(H,20,23)(H,19,21,22). The average molecular weight is 405 g/mol. The molecule has 1 amide bonds. The predicted molar refractivity (Wildman–Crippen MR) is 102 cm³/mol. The van der Waals surface area contributed by atoms with E-state index in [4.69, 9.17) is 0 Å². The number of benzene rings is 1. The summed E-state index contributed by atoms with van der Waals surface area (Å²) >= 11 is 4.81. The average Bonchev–Trinajstić information content (AvgIpc) is 2.91. The Bertz CT molecular complexity index is 883. The molecule has 0 bridgehead atoms. The third-order valence-corrected chi connectivity index (χ3v) is 5.39. The molecule has 0 atom stereocenters. The Morgan fingerprint density at radius 1 is 1.21 bits per heavy atom. The molecule has 0 saturated carbocycles. The van der Waals surface area contributed by atoms with Crippen molar-refractivity contribution in [2.75, 3.05) is 11.1 Å². The fourth-order valence-corrected chi connectivity index (χ4v) is 3.19. The zero-order valence-electron chi connectivity index (χ0n) is 13.6. The number of hydrogen-bond acceptors (Lipinski definition) is 4. The number of nitrogens with zero attached hydrogens (tertiary/aromatic N) is 2. The molecule has 2 N–H and O–H groups in total. The maximum Gasteiger partial charge on any atom is 0.234 e. The van der Waals surface area contributed by atoms with Gasteiger partial charge in [-0.25, -0.2) is 9.97 Å². The maximum atomic E-state index is 12.1. The number of fused-ring (bicyclic) bond motifs is 1. The predicted octanol–water partition coefficient (Wildman–Crippen LogP) is 4.38. The van der Waals surface area contributed by atoms with Crippen molar-refractivity contribution in [1.82, 2.24) is 15.0 Å². The molecule has 124 valence electrons. The maximum absolute atomic E-state index is 12.1. The van der Waals surface area contributed by atoms with E-state index in [9.17, 15) is 4.79 Å². The lowest BCUT2D eigenvalue weighted by Crippen LogP contribution is -2.14. The highest BCUT2D eigenvalue weighted by Gasteiger charge is 2.10. The molecule has 0 unspecified atom stereocenters. The van der Waals surface area contributed by atoms with Gasteiger partial charge in [0, 0.05) is 10.2 Å². The Hall–Kier alpha value is -1.86. The summed E-state index contributed by atoms with van der Waals surface area (Å²) in [5.74, 6) is 0.224. The largest absolute Gasteiger partial charge is 0.331 e. The molecule has 0 aliphatic carbocycles. The molecule has 0 radical (unpaired) electrons. The van der Waals surface area contributed by atoms with Crippen LogP contribution in [-0.2, 0) is 4.79 Å². The second-order valence-corrected chi connectivity index (χ2v) is 7.42. The van der Waals surface area contributed by atoms with Crippen molar-refractivity contribution >= 4 is 50.5 Å². The van der Waals surface area contributed by atoms with Crippen LogP contribution in [0.15, 0.2) is 33.9 Å². The number of amides is 1. The van der Waals surface area contributed by atoms with Crippen LogP contribution in [0.4, 0.5) is 5.69 Å². The van der Waals surface area contributed by atoms with Gasteiger partial charge in [0.1, 0.15) is 0 Å². The van der Waals surface area contributed by atoms with Gasteiger partial charge in [-0.1, -0.05) is 17.8 Å². The fraction of sp³-hybridized carbons (Fsp3) is 0.235. The Morgan fingerprint density at radius 2 is 2.00 bits per heavy atom. The summed E-state index contributed by atoms with van der Waals surface area (Å²) in [4.78, 5) is 24.1. The van der Waals surface area contributed by atoms with Gasteiger partial charge in [-0.15, -0.1) is 0 Å². The van der Waals surface area contributed by atoms with Crippen LogP contribution in [0.2, 0.25) is 0 Å². The summed E-state index contributed by atoms with van der Waals surface area (Å²) in [6.45, 7) is 6.00. The number of hydrogen-bond donors (Lipinski definition) is 2. The number of aryl methyl sites for hydroxylation is 3. The van der Waals surface area contributed by atoms with Crippen molar-refractivity contribution in [1.29, 1.82) is 0 Å². The molecular formula is C17H17BrN4OS. The second-order valence-electron chi connectivity index (χ2n) is 5.60. The van der Waals surface area contributed by atoms with E-state index >= 15 is 0 Å². The van der Waals surface area contributed by atoms with Crippen molar-refractivity contribution in [2.45, 2.75) is 25.9 Å². The Labute approximate surface area is 152 Å². The van der Waals surface area contributed by atoms with Gasteiger partial charge in [0.2, 0.25) is 5.91 Å². The highest BCUT2D eigenvalue weighted by molar-refractivity contribution is 9.10. The van der Waals surface area contributed by atoms with Gasteiger partial charge in [-0.05, 0) is 66.0 Å². The van der Waals surface area contributed by atoms with E-state index in [2.05, 4.69) is 36.2 Å². The monoisotopic (exact) mass is 404 g/mol. The summed E-state index contributed by atoms with van der Waals surface area (Å²) < 4.78 is 0.933. The number of thioether (sulfide) groups is 1. The lowest BCUT2D eigenvalue weighted by Gasteiger charge is -2.07. The summed E-state index contributed by atoms with van der Waals surface area (Å²) in [6.07, 6.45) is 0. The van der Waals surface area contributed by atoms with Gasteiger partial charge in [-0.2, -0.15) is 0 Å². The Morgan fingerprint density at radius 3 is 2.75 bits per heavy atom. The summed E-state index contributed by atoms with van der Waals surface area (Å²) in [5.41, 5.74) is 5.58. The van der Waals surface area contributed by atoms with Gasteiger partial charge in [0.15, 0.2) is 10.8 Å². The number of rotatable bonds is 4. The molecule has 0 spiro atoms. The number of aromatic nitrogens is 3. The molecule has 24 heavy (non-hydrogen) atoms. The zero-order chi connectivity index (χ0) is 17.3. The van der Waals surface area contributed by atoms with Crippen molar-refractivity contribution in [2.24, 2.45) is 0 Å². The van der Waals surface area contributed by atoms with E-state index < -0.39 is 0 Å². The van der Waals surface area contributed by atoms with Gasteiger partial charge >= 0.3 is 0 Å². The molecule has 0 aliphatic heterocycles. The van der Waals surface area contributed by atoms with E-state index in [-0.39, 0.29) is 11.7 Å². The van der Waals surface area contributed by atoms with Crippen LogP contribution >= 0.6 is 27.7 Å². The Kier molecular flexibility index (Phi) is 4.91. The molecule has 3 rings (SSSR count). The van der Waals surface area contributed by atoms with E-state index in [0.717, 1.165) is 26.9 Å². The van der Waals surface area contributed by atoms with Gasteiger partial charge in [0.25, 0.3) is 0 Å². The van der Waals surface area contributed by atoms with Crippen molar-refractivity contribution in [3.05, 3.63) is 45.6 Å². The minimum absolute atomic E-state index is 0.0611. The number of carbonyl (C=O) groups excluding carboxylic acids is 1. The van der Waals surface area contributed by atoms with Crippen molar-refractivity contribution < 1.29 is 4.79 Å². The molecule has 1 aromatic carbocycles. The minimum atomic E-state index is -0.0611. The molecule has 3 aromatic rings. The number of halogens is 1. The number of anilines is 1. The summed E-state index contributed by atoms with van der Waals surface area (Å²) in [6, 6.07) is 7.84. The van der Waals surface area contributed by atoms with Crippen LogP contribution < -0.4 is 5.32 Å². The first-order valence-electron chi connectivity index (χ1n) is 7.45. The fourth-order valence-electron chi connectivity index (χ4n) is 2.20. The number of nitrogens with one attached hydrogen (secondary N) is 2. The number of imidazole rings is 1. The molecular weight excluding hydrogens is 388 g/mol. The number of carbonyl (C=O) groups is 1. The van der Waals surface area contributed by atoms with E-state index in [1.807, 2.05) is 45.0 Å². The highest BCUT2D eigenvalue weighted by Crippen LogP contribution is 2.23. The molecule has 0 aliphatic rings. The Balaban J connectivity index is 1.64. The van der Waals surface area contributed by atoms with E-state index in [1.165, 1.54) is 17.3 Å². The molecule has 2 heterocycles. The third-order valence-electron chi connectivity index (χ3n) is 3.71. The summed E-state index contributed by atoms with van der Waals surface area (Å²) in [5, 5.41) is 3.59. The normalized spacial score (nSPS) is 11.0. The second kappa shape index (κ2) is 6.94. The SMILES string of the molecule is Cc1ccc(NC(=O)CSc2nc3nc(C)c(Br)cc3[nH]2)cc1C. The van der Waals surface area contributed by atoms with Crippen LogP contribution in [0.25, 0.3) is 11.2 Å². The highest BCUT2D eigenvalue weighted by atomic mass is 79.9. The van der Waals surface area contributed by atoms with Gasteiger partial charge in [0.05, 0.1) is 17.0 Å². The quantitative estimate of drug-likeness (QED) is 0.633. The number of H-pyrrole nitrogens is 1. The minimum Gasteiger partial charge on any atom is -0.331 e. The first-order chi connectivity index (χ1) is 11.4. The van der Waals surface area contributed by atoms with E-state index in [0.29, 0.717) is 10.8 Å². The smallest absolute Gasteiger partial charge is 0.234 e. The molecule has 5 nitrogen and oxygen atoms in total. The van der Waals surface area contributed by atoms with Crippen LogP contribution in [0.5, 0.6) is 0 Å². The van der Waals surface area contributed by atoms with Crippen LogP contribution in [0, 0.1) is 20.8 Å². The number of aromatic amines is 1. The lowest BCUT2D eigenvalue weighted by molar-refractivity contribution is -0.113. The topological polar surface area (TPSA) is 70.7 Å². The summed E-state index contributed by atoms with van der Waals surface area (Å²) in [7, 11) is 0. The molecule has 2 aromatic heterocycles. The van der Waals surface area contributed by atoms with Gasteiger partial charge in [-0.3, -0.25) is 4.79 Å². The van der Waals surface area contributed by atoms with E-state index in [1.54, 1.807) is 0 Å².